The fraction of sp³-hybridized carbons (Fsp3) is 0.538. The van der Waals surface area contributed by atoms with Gasteiger partial charge in [-0.1, -0.05) is 6.92 Å². The van der Waals surface area contributed by atoms with Crippen LogP contribution in [0.5, 0.6) is 0 Å². The molecule has 0 aromatic heterocycles. The molecule has 1 unspecified atom stereocenters. The van der Waals surface area contributed by atoms with Crippen molar-refractivity contribution < 1.29 is 4.92 Å². The summed E-state index contributed by atoms with van der Waals surface area (Å²) in [6, 6.07) is 7.51. The molecule has 2 rings (SSSR count). The zero-order valence-electron chi connectivity index (χ0n) is 10.1. The van der Waals surface area contributed by atoms with Crippen LogP contribution in [0.1, 0.15) is 32.6 Å². The van der Waals surface area contributed by atoms with E-state index in [1.165, 1.54) is 19.3 Å². The van der Waals surface area contributed by atoms with Gasteiger partial charge in [-0.15, -0.1) is 0 Å². The number of hydrogen-bond donors (Lipinski definition) is 0. The monoisotopic (exact) mass is 234 g/mol. The van der Waals surface area contributed by atoms with E-state index in [1.54, 1.807) is 12.1 Å². The van der Waals surface area contributed by atoms with E-state index >= 15 is 0 Å². The maximum atomic E-state index is 10.6. The number of hydrogen-bond acceptors (Lipinski definition) is 3. The van der Waals surface area contributed by atoms with Gasteiger partial charge >= 0.3 is 0 Å². The van der Waals surface area contributed by atoms with Crippen LogP contribution < -0.4 is 4.90 Å². The number of nitro groups is 1. The van der Waals surface area contributed by atoms with E-state index < -0.39 is 0 Å². The normalized spacial score (nSPS) is 20.3. The van der Waals surface area contributed by atoms with Crippen LogP contribution in [0.25, 0.3) is 0 Å². The molecule has 1 aromatic rings. The Balaban J connectivity index is 2.17. The van der Waals surface area contributed by atoms with Crippen molar-refractivity contribution in [2.24, 2.45) is 0 Å². The number of nitro benzene ring substituents is 1. The first-order valence-electron chi connectivity index (χ1n) is 6.23. The first kappa shape index (κ1) is 11.9. The van der Waals surface area contributed by atoms with Gasteiger partial charge in [0.1, 0.15) is 0 Å². The molecule has 1 aromatic carbocycles. The number of piperidine rings is 1. The maximum absolute atomic E-state index is 10.6. The summed E-state index contributed by atoms with van der Waals surface area (Å²) in [5, 5.41) is 10.6. The molecular weight excluding hydrogens is 216 g/mol. The minimum Gasteiger partial charge on any atom is -0.369 e. The van der Waals surface area contributed by atoms with E-state index in [1.807, 2.05) is 12.1 Å². The van der Waals surface area contributed by atoms with Gasteiger partial charge < -0.3 is 4.90 Å². The number of benzene rings is 1. The van der Waals surface area contributed by atoms with Crippen LogP contribution in [-0.4, -0.2) is 17.5 Å². The van der Waals surface area contributed by atoms with Crippen molar-refractivity contribution in [2.75, 3.05) is 11.4 Å². The standard InChI is InChI=1S/C13H18N2O2/c1-2-11-5-3-4-10-14(11)12-6-8-13(9-7-12)15(16)17/h6-9,11H,2-5,10H2,1H3. The lowest BCUT2D eigenvalue weighted by Crippen LogP contribution is -2.39. The summed E-state index contributed by atoms with van der Waals surface area (Å²) in [5.41, 5.74) is 1.28. The fourth-order valence-corrected chi connectivity index (χ4v) is 2.53. The Bertz CT molecular complexity index is 389. The lowest BCUT2D eigenvalue weighted by atomic mass is 9.99. The maximum Gasteiger partial charge on any atom is 0.269 e. The lowest BCUT2D eigenvalue weighted by molar-refractivity contribution is -0.384. The van der Waals surface area contributed by atoms with E-state index in [4.69, 9.17) is 0 Å². The Morgan fingerprint density at radius 2 is 2.06 bits per heavy atom. The summed E-state index contributed by atoms with van der Waals surface area (Å²) in [6.45, 7) is 3.27. The molecule has 1 saturated heterocycles. The molecule has 0 N–H and O–H groups in total. The van der Waals surface area contributed by atoms with Crippen LogP contribution in [0.4, 0.5) is 11.4 Å². The lowest BCUT2D eigenvalue weighted by Gasteiger charge is -2.37. The molecule has 1 fully saturated rings. The molecule has 92 valence electrons. The van der Waals surface area contributed by atoms with E-state index in [9.17, 15) is 10.1 Å². The average Bonchev–Trinajstić information content (AvgIpc) is 2.39. The smallest absolute Gasteiger partial charge is 0.269 e. The van der Waals surface area contributed by atoms with Gasteiger partial charge in [0.25, 0.3) is 5.69 Å². The fourth-order valence-electron chi connectivity index (χ4n) is 2.53. The molecule has 4 nitrogen and oxygen atoms in total. The van der Waals surface area contributed by atoms with E-state index in [2.05, 4.69) is 11.8 Å². The Morgan fingerprint density at radius 1 is 1.35 bits per heavy atom. The molecule has 0 aliphatic carbocycles. The van der Waals surface area contributed by atoms with E-state index in [0.29, 0.717) is 6.04 Å². The predicted octanol–water partition coefficient (Wildman–Crippen LogP) is 3.36. The van der Waals surface area contributed by atoms with Crippen molar-refractivity contribution >= 4 is 11.4 Å². The van der Waals surface area contributed by atoms with Crippen molar-refractivity contribution in [1.82, 2.24) is 0 Å². The molecule has 0 spiro atoms. The highest BCUT2D eigenvalue weighted by atomic mass is 16.6. The molecule has 0 saturated carbocycles. The molecule has 17 heavy (non-hydrogen) atoms. The van der Waals surface area contributed by atoms with Gasteiger partial charge in [-0.25, -0.2) is 0 Å². The van der Waals surface area contributed by atoms with Gasteiger partial charge in [0.15, 0.2) is 0 Å². The molecule has 0 radical (unpaired) electrons. The quantitative estimate of drug-likeness (QED) is 0.595. The number of non-ortho nitro benzene ring substituents is 1. The predicted molar refractivity (Wildman–Crippen MR) is 68.4 cm³/mol. The third kappa shape index (κ3) is 2.57. The topological polar surface area (TPSA) is 46.4 Å². The molecule has 1 aliphatic heterocycles. The third-order valence-corrected chi connectivity index (χ3v) is 3.49. The molecule has 1 atom stereocenters. The van der Waals surface area contributed by atoms with Crippen molar-refractivity contribution in [1.29, 1.82) is 0 Å². The highest BCUT2D eigenvalue weighted by molar-refractivity contribution is 5.51. The van der Waals surface area contributed by atoms with Crippen LogP contribution in [0.15, 0.2) is 24.3 Å². The first-order valence-corrected chi connectivity index (χ1v) is 6.23. The van der Waals surface area contributed by atoms with Crippen LogP contribution in [0.2, 0.25) is 0 Å². The summed E-state index contributed by atoms with van der Waals surface area (Å²) < 4.78 is 0. The summed E-state index contributed by atoms with van der Waals surface area (Å²) >= 11 is 0. The minimum absolute atomic E-state index is 0.166. The molecule has 1 heterocycles. The second kappa shape index (κ2) is 5.17. The van der Waals surface area contributed by atoms with Crippen molar-refractivity contribution in [3.63, 3.8) is 0 Å². The second-order valence-electron chi connectivity index (χ2n) is 4.52. The van der Waals surface area contributed by atoms with Gasteiger partial charge in [-0.2, -0.15) is 0 Å². The first-order chi connectivity index (χ1) is 8.22. The molecule has 0 amide bonds. The summed E-state index contributed by atoms with van der Waals surface area (Å²) in [6.07, 6.45) is 4.87. The van der Waals surface area contributed by atoms with Crippen molar-refractivity contribution in [3.8, 4) is 0 Å². The molecular formula is C13H18N2O2. The number of rotatable bonds is 3. The SMILES string of the molecule is CCC1CCCCN1c1ccc([N+](=O)[O-])cc1. The van der Waals surface area contributed by atoms with Crippen LogP contribution in [0, 0.1) is 10.1 Å². The summed E-state index contributed by atoms with van der Waals surface area (Å²) in [4.78, 5) is 12.6. The van der Waals surface area contributed by atoms with Gasteiger partial charge in [0.05, 0.1) is 4.92 Å². The molecule has 4 heteroatoms. The van der Waals surface area contributed by atoms with Crippen molar-refractivity contribution in [3.05, 3.63) is 34.4 Å². The zero-order chi connectivity index (χ0) is 12.3. The average molecular weight is 234 g/mol. The number of nitrogens with zero attached hydrogens (tertiary/aromatic N) is 2. The Kier molecular flexibility index (Phi) is 3.61. The van der Waals surface area contributed by atoms with Gasteiger partial charge in [-0.3, -0.25) is 10.1 Å². The Labute approximate surface area is 101 Å². The molecule has 1 aliphatic rings. The summed E-state index contributed by atoms with van der Waals surface area (Å²) in [5.74, 6) is 0. The Hall–Kier alpha value is -1.58. The zero-order valence-corrected chi connectivity index (χ0v) is 10.1. The molecule has 0 bridgehead atoms. The van der Waals surface area contributed by atoms with Gasteiger partial charge in [-0.05, 0) is 37.8 Å². The van der Waals surface area contributed by atoms with E-state index in [-0.39, 0.29) is 10.6 Å². The van der Waals surface area contributed by atoms with E-state index in [0.717, 1.165) is 18.7 Å². The third-order valence-electron chi connectivity index (χ3n) is 3.49. The Morgan fingerprint density at radius 3 is 2.65 bits per heavy atom. The van der Waals surface area contributed by atoms with Gasteiger partial charge in [0.2, 0.25) is 0 Å². The second-order valence-corrected chi connectivity index (χ2v) is 4.52. The van der Waals surface area contributed by atoms with Crippen molar-refractivity contribution in [2.45, 2.75) is 38.6 Å². The summed E-state index contributed by atoms with van der Waals surface area (Å²) in [7, 11) is 0. The highest BCUT2D eigenvalue weighted by Gasteiger charge is 2.21. The number of anilines is 1. The van der Waals surface area contributed by atoms with Crippen LogP contribution in [-0.2, 0) is 0 Å². The largest absolute Gasteiger partial charge is 0.369 e. The minimum atomic E-state index is -0.350. The van der Waals surface area contributed by atoms with Crippen LogP contribution >= 0.6 is 0 Å². The van der Waals surface area contributed by atoms with Crippen LogP contribution in [0.3, 0.4) is 0 Å². The highest BCUT2D eigenvalue weighted by Crippen LogP contribution is 2.27. The van der Waals surface area contributed by atoms with Gasteiger partial charge in [0, 0.05) is 30.4 Å².